The molecule has 0 aliphatic carbocycles. The van der Waals surface area contributed by atoms with E-state index in [9.17, 15) is 0 Å². The Hall–Kier alpha value is -0.340. The summed E-state index contributed by atoms with van der Waals surface area (Å²) in [4.78, 5) is 0. The van der Waals surface area contributed by atoms with Gasteiger partial charge in [-0.2, -0.15) is 0 Å². The van der Waals surface area contributed by atoms with Gasteiger partial charge < -0.3 is 9.47 Å². The molecule has 0 bridgehead atoms. The Morgan fingerprint density at radius 3 is 1.57 bits per heavy atom. The van der Waals surface area contributed by atoms with E-state index in [1.54, 1.807) is 0 Å². The fourth-order valence-corrected chi connectivity index (χ4v) is 0.932. The lowest BCUT2D eigenvalue weighted by atomic mass is 10.4. The molecule has 0 N–H and O–H groups in total. The fraction of sp³-hybridized carbons (Fsp3) is 0.833. The van der Waals surface area contributed by atoms with E-state index in [1.807, 2.05) is 12.2 Å². The summed E-state index contributed by atoms with van der Waals surface area (Å²) in [6, 6.07) is 0. The third-order valence-corrected chi connectivity index (χ3v) is 1.88. The first-order valence-corrected chi connectivity index (χ1v) is 5.72. The van der Waals surface area contributed by atoms with Crippen LogP contribution in [0.5, 0.6) is 0 Å². The topological polar surface area (TPSA) is 18.5 Å². The molecular formula is C12H24O2. The summed E-state index contributed by atoms with van der Waals surface area (Å²) in [5.74, 6) is 0. The molecule has 0 amide bonds. The summed E-state index contributed by atoms with van der Waals surface area (Å²) >= 11 is 0. The highest BCUT2D eigenvalue weighted by molar-refractivity contribution is 4.80. The van der Waals surface area contributed by atoms with Crippen LogP contribution in [0.2, 0.25) is 0 Å². The maximum atomic E-state index is 5.36. The maximum absolute atomic E-state index is 5.36. The van der Waals surface area contributed by atoms with E-state index >= 15 is 0 Å². The Morgan fingerprint density at radius 1 is 0.786 bits per heavy atom. The standard InChI is InChI=1S/C12H24O2/c1-3-5-9-13-11-7-8-12-14-10-6-4-2/h7-8H,3-6,9-12H2,1-2H3/b8-7+/i11+1. The van der Waals surface area contributed by atoms with Crippen LogP contribution in [0.25, 0.3) is 0 Å². The summed E-state index contributed by atoms with van der Waals surface area (Å²) in [7, 11) is 0. The van der Waals surface area contributed by atoms with Crippen molar-refractivity contribution >= 4 is 0 Å². The Morgan fingerprint density at radius 2 is 1.21 bits per heavy atom. The molecule has 0 unspecified atom stereocenters. The van der Waals surface area contributed by atoms with Crippen LogP contribution in [0.4, 0.5) is 0 Å². The molecule has 0 aromatic heterocycles. The van der Waals surface area contributed by atoms with Crippen LogP contribution >= 0.6 is 0 Å². The number of rotatable bonds is 10. The van der Waals surface area contributed by atoms with Crippen molar-refractivity contribution in [2.24, 2.45) is 0 Å². The normalized spacial score (nSPS) is 11.3. The molecule has 2 nitrogen and oxygen atoms in total. The molecule has 0 saturated carbocycles. The van der Waals surface area contributed by atoms with Gasteiger partial charge in [0.2, 0.25) is 0 Å². The first-order valence-electron chi connectivity index (χ1n) is 5.72. The van der Waals surface area contributed by atoms with Gasteiger partial charge in [0.25, 0.3) is 0 Å². The summed E-state index contributed by atoms with van der Waals surface area (Å²) in [5.41, 5.74) is 0. The van der Waals surface area contributed by atoms with Gasteiger partial charge in [-0.15, -0.1) is 0 Å². The van der Waals surface area contributed by atoms with Gasteiger partial charge in [-0.05, 0) is 12.8 Å². The molecule has 0 rings (SSSR count). The highest BCUT2D eigenvalue weighted by Crippen LogP contribution is 1.89. The monoisotopic (exact) mass is 201 g/mol. The molecule has 14 heavy (non-hydrogen) atoms. The summed E-state index contributed by atoms with van der Waals surface area (Å²) < 4.78 is 10.7. The average molecular weight is 201 g/mol. The predicted molar refractivity (Wildman–Crippen MR) is 60.6 cm³/mol. The first kappa shape index (κ1) is 13.7. The SMILES string of the molecule is CCCCOC/C=C/[13CH2]OCCCC. The second-order valence-corrected chi connectivity index (χ2v) is 3.33. The van der Waals surface area contributed by atoms with E-state index in [0.29, 0.717) is 0 Å². The second kappa shape index (κ2) is 12.7. The summed E-state index contributed by atoms with van der Waals surface area (Å²) in [6.07, 6.45) is 8.76. The number of ether oxygens (including phenoxy) is 2. The molecule has 0 spiro atoms. The van der Waals surface area contributed by atoms with Crippen LogP contribution in [0, 0.1) is 0 Å². The molecule has 0 fully saturated rings. The van der Waals surface area contributed by atoms with Gasteiger partial charge in [0, 0.05) is 13.2 Å². The van der Waals surface area contributed by atoms with E-state index < -0.39 is 0 Å². The molecule has 0 saturated heterocycles. The first-order chi connectivity index (χ1) is 6.91. The molecule has 0 aliphatic rings. The summed E-state index contributed by atoms with van der Waals surface area (Å²) in [6.45, 7) is 7.52. The largest absolute Gasteiger partial charge is 0.377 e. The van der Waals surface area contributed by atoms with Crippen molar-refractivity contribution in [1.82, 2.24) is 0 Å². The van der Waals surface area contributed by atoms with Crippen molar-refractivity contribution in [2.45, 2.75) is 39.5 Å². The zero-order valence-corrected chi connectivity index (χ0v) is 9.63. The highest BCUT2D eigenvalue weighted by atomic mass is 16.5. The van der Waals surface area contributed by atoms with Crippen molar-refractivity contribution < 1.29 is 9.47 Å². The number of hydrogen-bond donors (Lipinski definition) is 0. The van der Waals surface area contributed by atoms with E-state index in [2.05, 4.69) is 13.8 Å². The van der Waals surface area contributed by atoms with Crippen molar-refractivity contribution in [1.29, 1.82) is 0 Å². The minimum atomic E-state index is 0.719. The molecule has 2 heteroatoms. The van der Waals surface area contributed by atoms with Crippen LogP contribution < -0.4 is 0 Å². The average Bonchev–Trinajstić information content (AvgIpc) is 2.21. The van der Waals surface area contributed by atoms with Crippen molar-refractivity contribution in [2.75, 3.05) is 26.4 Å². The third kappa shape index (κ3) is 11.7. The lowest BCUT2D eigenvalue weighted by molar-refractivity contribution is 0.150. The van der Waals surface area contributed by atoms with Crippen LogP contribution in [0.3, 0.4) is 0 Å². The highest BCUT2D eigenvalue weighted by Gasteiger charge is 1.84. The van der Waals surface area contributed by atoms with E-state index in [1.165, 1.54) is 12.8 Å². The zero-order valence-electron chi connectivity index (χ0n) is 9.63. The molecular weight excluding hydrogens is 177 g/mol. The maximum Gasteiger partial charge on any atom is 0.0648 e. The molecule has 0 radical (unpaired) electrons. The Balaban J connectivity index is 2.96. The van der Waals surface area contributed by atoms with E-state index in [4.69, 9.17) is 9.47 Å². The quantitative estimate of drug-likeness (QED) is 0.307. The van der Waals surface area contributed by atoms with Gasteiger partial charge in [-0.1, -0.05) is 38.8 Å². The van der Waals surface area contributed by atoms with E-state index in [-0.39, 0.29) is 0 Å². The molecule has 84 valence electrons. The lowest BCUT2D eigenvalue weighted by Crippen LogP contribution is -1.96. The minimum absolute atomic E-state index is 0.719. The number of unbranched alkanes of at least 4 members (excludes halogenated alkanes) is 2. The van der Waals surface area contributed by atoms with Crippen molar-refractivity contribution in [3.05, 3.63) is 12.2 Å². The Bertz CT molecular complexity index is 107. The van der Waals surface area contributed by atoms with Crippen LogP contribution in [-0.2, 0) is 9.47 Å². The van der Waals surface area contributed by atoms with Gasteiger partial charge >= 0.3 is 0 Å². The smallest absolute Gasteiger partial charge is 0.0648 e. The van der Waals surface area contributed by atoms with Gasteiger partial charge in [-0.3, -0.25) is 0 Å². The van der Waals surface area contributed by atoms with E-state index in [0.717, 1.165) is 39.3 Å². The lowest BCUT2D eigenvalue weighted by Gasteiger charge is -1.99. The predicted octanol–water partition coefficient (Wildman–Crippen LogP) is 3.18. The van der Waals surface area contributed by atoms with Crippen LogP contribution in [0.15, 0.2) is 12.2 Å². The summed E-state index contributed by atoms with van der Waals surface area (Å²) in [5, 5.41) is 0. The molecule has 0 heterocycles. The van der Waals surface area contributed by atoms with Gasteiger partial charge in [0.05, 0.1) is 13.2 Å². The Kier molecular flexibility index (Phi) is 12.4. The van der Waals surface area contributed by atoms with Gasteiger partial charge in [0.15, 0.2) is 0 Å². The molecule has 0 aromatic rings. The number of hydrogen-bond acceptors (Lipinski definition) is 2. The van der Waals surface area contributed by atoms with Crippen LogP contribution in [0.1, 0.15) is 39.5 Å². The zero-order chi connectivity index (χ0) is 10.5. The van der Waals surface area contributed by atoms with Crippen LogP contribution in [-0.4, -0.2) is 26.4 Å². The molecule has 0 atom stereocenters. The van der Waals surface area contributed by atoms with Crippen molar-refractivity contribution in [3.8, 4) is 0 Å². The third-order valence-electron chi connectivity index (χ3n) is 1.88. The Labute approximate surface area is 88.3 Å². The van der Waals surface area contributed by atoms with Gasteiger partial charge in [-0.25, -0.2) is 0 Å². The van der Waals surface area contributed by atoms with Gasteiger partial charge in [0.1, 0.15) is 0 Å². The second-order valence-electron chi connectivity index (χ2n) is 3.33. The molecule has 0 aromatic carbocycles. The molecule has 0 aliphatic heterocycles. The minimum Gasteiger partial charge on any atom is -0.377 e. The van der Waals surface area contributed by atoms with Crippen molar-refractivity contribution in [3.63, 3.8) is 0 Å². The fourth-order valence-electron chi connectivity index (χ4n) is 0.932.